The summed E-state index contributed by atoms with van der Waals surface area (Å²) in [5.74, 6) is 1.68. The summed E-state index contributed by atoms with van der Waals surface area (Å²) in [6.07, 6.45) is 3.13. The van der Waals surface area contributed by atoms with Crippen molar-refractivity contribution in [2.75, 3.05) is 26.5 Å². The van der Waals surface area contributed by atoms with Crippen LogP contribution in [0.5, 0.6) is 17.2 Å². The fourth-order valence-corrected chi connectivity index (χ4v) is 3.54. The zero-order chi connectivity index (χ0) is 22.1. The lowest BCUT2D eigenvalue weighted by Crippen LogP contribution is -2.38. The van der Waals surface area contributed by atoms with Gasteiger partial charge in [0.1, 0.15) is 17.9 Å². The number of halogens is 1. The number of nitrogens with one attached hydrogen (secondary N) is 1. The number of fused-ring (bicyclic) bond motifs is 1. The van der Waals surface area contributed by atoms with Crippen molar-refractivity contribution in [2.45, 2.75) is 12.3 Å². The van der Waals surface area contributed by atoms with Crippen molar-refractivity contribution in [2.24, 2.45) is 5.92 Å². The number of rotatable bonds is 6. The molecule has 4 rings (SSSR count). The van der Waals surface area contributed by atoms with Gasteiger partial charge in [-0.1, -0.05) is 12.1 Å². The zero-order valence-corrected chi connectivity index (χ0v) is 16.8. The minimum Gasteiger partial charge on any atom is -0.493 e. The van der Waals surface area contributed by atoms with Gasteiger partial charge in [-0.05, 0) is 54.8 Å². The number of aliphatic carboxylic acids is 1. The van der Waals surface area contributed by atoms with E-state index >= 15 is 0 Å². The number of carboxylic acid groups (broad SMARTS) is 1. The van der Waals surface area contributed by atoms with Crippen LogP contribution in [0.25, 0.3) is 0 Å². The van der Waals surface area contributed by atoms with E-state index in [1.807, 2.05) is 30.3 Å². The minimum absolute atomic E-state index is 0.194. The summed E-state index contributed by atoms with van der Waals surface area (Å²) in [7, 11) is 0. The van der Waals surface area contributed by atoms with Crippen LogP contribution >= 0.6 is 0 Å². The predicted molar refractivity (Wildman–Crippen MR) is 111 cm³/mol. The molecule has 1 fully saturated rings. The van der Waals surface area contributed by atoms with Crippen LogP contribution in [0.4, 0.5) is 4.39 Å². The molecule has 2 aromatic carbocycles. The molecule has 0 saturated carbocycles. The van der Waals surface area contributed by atoms with E-state index in [4.69, 9.17) is 19.3 Å². The molecule has 2 aromatic rings. The van der Waals surface area contributed by atoms with Gasteiger partial charge in [-0.15, -0.1) is 0 Å². The van der Waals surface area contributed by atoms with E-state index in [9.17, 15) is 14.0 Å². The van der Waals surface area contributed by atoms with Crippen LogP contribution in [0.15, 0.2) is 54.6 Å². The van der Waals surface area contributed by atoms with E-state index in [-0.39, 0.29) is 12.6 Å². The van der Waals surface area contributed by atoms with Gasteiger partial charge in [0.15, 0.2) is 11.5 Å². The van der Waals surface area contributed by atoms with Crippen LogP contribution in [0, 0.1) is 11.7 Å². The van der Waals surface area contributed by atoms with Crippen molar-refractivity contribution in [1.29, 1.82) is 0 Å². The van der Waals surface area contributed by atoms with Gasteiger partial charge in [0.05, 0.1) is 6.61 Å². The average Bonchev–Trinajstić information content (AvgIpc) is 3.25. The van der Waals surface area contributed by atoms with Gasteiger partial charge in [-0.3, -0.25) is 4.79 Å². The molecule has 2 atom stereocenters. The van der Waals surface area contributed by atoms with Gasteiger partial charge in [0, 0.05) is 24.6 Å². The number of carboxylic acids is 1. The number of carbonyl (C=O) groups excluding carboxylic acids is 1. The number of ether oxygens (including phenoxy) is 3. The number of piperidine rings is 1. The summed E-state index contributed by atoms with van der Waals surface area (Å²) < 4.78 is 29.9. The molecule has 2 N–H and O–H groups in total. The molecule has 0 aliphatic carbocycles. The lowest BCUT2D eigenvalue weighted by Gasteiger charge is -2.32. The molecule has 164 valence electrons. The summed E-state index contributed by atoms with van der Waals surface area (Å²) in [6.45, 7) is 2.74. The summed E-state index contributed by atoms with van der Waals surface area (Å²) >= 11 is 0. The Morgan fingerprint density at radius 3 is 2.68 bits per heavy atom. The highest BCUT2D eigenvalue weighted by molar-refractivity contribution is 5.84. The Hall–Kier alpha value is -3.39. The molecule has 0 spiro atoms. The van der Waals surface area contributed by atoms with Crippen LogP contribution in [-0.4, -0.2) is 43.9 Å². The molecule has 8 heteroatoms. The van der Waals surface area contributed by atoms with Gasteiger partial charge in [0.25, 0.3) is 0 Å². The Bertz CT molecular complexity index is 915. The summed E-state index contributed by atoms with van der Waals surface area (Å²) in [5.41, 5.74) is 1.18. The van der Waals surface area contributed by atoms with E-state index in [0.717, 1.165) is 48.9 Å². The molecule has 2 aliphatic heterocycles. The average molecular weight is 429 g/mol. The van der Waals surface area contributed by atoms with Gasteiger partial charge in [-0.2, -0.15) is 0 Å². The van der Waals surface area contributed by atoms with Crippen molar-refractivity contribution in [3.8, 4) is 17.2 Å². The first-order valence-electron chi connectivity index (χ1n) is 9.90. The van der Waals surface area contributed by atoms with Crippen LogP contribution in [0.1, 0.15) is 17.9 Å². The molecule has 2 aliphatic rings. The molecule has 0 unspecified atom stereocenters. The Morgan fingerprint density at radius 2 is 1.97 bits per heavy atom. The molecule has 2 heterocycles. The SMILES string of the molecule is Fc1ccc([C@H]2CCNC[C@@H]2COc2ccc3c(c2)OCO3)cc1.O=CC=CC(=O)O. The summed E-state index contributed by atoms with van der Waals surface area (Å²) in [5, 5.41) is 11.2. The Balaban J connectivity index is 0.000000339. The number of allylic oxidation sites excluding steroid dienone is 1. The highest BCUT2D eigenvalue weighted by Gasteiger charge is 2.27. The summed E-state index contributed by atoms with van der Waals surface area (Å²) in [6, 6.07) is 12.5. The maximum Gasteiger partial charge on any atom is 0.328 e. The van der Waals surface area contributed by atoms with Crippen molar-refractivity contribution >= 4 is 12.3 Å². The third-order valence-electron chi connectivity index (χ3n) is 5.03. The first-order chi connectivity index (χ1) is 15.1. The first kappa shape index (κ1) is 22.3. The van der Waals surface area contributed by atoms with E-state index in [1.165, 1.54) is 17.7 Å². The first-order valence-corrected chi connectivity index (χ1v) is 9.90. The quantitative estimate of drug-likeness (QED) is 0.538. The second-order valence-electron chi connectivity index (χ2n) is 7.07. The minimum atomic E-state index is -1.10. The van der Waals surface area contributed by atoms with Crippen LogP contribution in [-0.2, 0) is 9.59 Å². The van der Waals surface area contributed by atoms with Crippen molar-refractivity contribution < 1.29 is 33.3 Å². The molecular formula is C23H24FNO6. The Kier molecular flexibility index (Phi) is 8.00. The fraction of sp³-hybridized carbons (Fsp3) is 0.304. The monoisotopic (exact) mass is 429 g/mol. The third-order valence-corrected chi connectivity index (χ3v) is 5.03. The second-order valence-corrected chi connectivity index (χ2v) is 7.07. The highest BCUT2D eigenvalue weighted by Crippen LogP contribution is 2.36. The van der Waals surface area contributed by atoms with Gasteiger partial charge < -0.3 is 24.6 Å². The maximum atomic E-state index is 13.2. The number of aldehydes is 1. The van der Waals surface area contributed by atoms with Crippen LogP contribution < -0.4 is 19.5 Å². The zero-order valence-electron chi connectivity index (χ0n) is 16.8. The Labute approximate surface area is 179 Å². The lowest BCUT2D eigenvalue weighted by molar-refractivity contribution is -0.131. The predicted octanol–water partition coefficient (Wildman–Crippen LogP) is 3.15. The van der Waals surface area contributed by atoms with Crippen molar-refractivity contribution in [3.05, 3.63) is 66.0 Å². The maximum absolute atomic E-state index is 13.2. The fourth-order valence-electron chi connectivity index (χ4n) is 3.54. The number of hydrogen-bond acceptors (Lipinski definition) is 6. The molecule has 7 nitrogen and oxygen atoms in total. The van der Waals surface area contributed by atoms with Gasteiger partial charge >= 0.3 is 5.97 Å². The molecular weight excluding hydrogens is 405 g/mol. The number of benzene rings is 2. The van der Waals surface area contributed by atoms with Gasteiger partial charge in [-0.25, -0.2) is 9.18 Å². The molecule has 0 radical (unpaired) electrons. The summed E-state index contributed by atoms with van der Waals surface area (Å²) in [4.78, 5) is 18.9. The topological polar surface area (TPSA) is 94.1 Å². The lowest BCUT2D eigenvalue weighted by atomic mass is 9.81. The highest BCUT2D eigenvalue weighted by atomic mass is 19.1. The molecule has 31 heavy (non-hydrogen) atoms. The smallest absolute Gasteiger partial charge is 0.328 e. The van der Waals surface area contributed by atoms with Crippen LogP contribution in [0.2, 0.25) is 0 Å². The molecule has 0 amide bonds. The normalized spacial score (nSPS) is 19.4. The van der Waals surface area contributed by atoms with Crippen molar-refractivity contribution in [3.63, 3.8) is 0 Å². The second kappa shape index (κ2) is 11.1. The van der Waals surface area contributed by atoms with Crippen molar-refractivity contribution in [1.82, 2.24) is 5.32 Å². The van der Waals surface area contributed by atoms with Crippen LogP contribution in [0.3, 0.4) is 0 Å². The van der Waals surface area contributed by atoms with Gasteiger partial charge in [0.2, 0.25) is 6.79 Å². The van der Waals surface area contributed by atoms with E-state index in [0.29, 0.717) is 24.7 Å². The van der Waals surface area contributed by atoms with E-state index in [2.05, 4.69) is 5.32 Å². The molecule has 0 aromatic heterocycles. The third kappa shape index (κ3) is 6.55. The van der Waals surface area contributed by atoms with E-state index in [1.54, 1.807) is 0 Å². The molecule has 0 bridgehead atoms. The molecule has 1 saturated heterocycles. The number of hydrogen-bond donors (Lipinski definition) is 2. The van der Waals surface area contributed by atoms with E-state index < -0.39 is 5.97 Å². The number of carbonyl (C=O) groups is 2. The Morgan fingerprint density at radius 1 is 1.19 bits per heavy atom. The standard InChI is InChI=1S/C19H20FNO3.C4H4O3/c20-15-3-1-13(2-4-15)17-7-8-21-10-14(17)11-22-16-5-6-18-19(9-16)24-12-23-18;5-3-1-2-4(6)7/h1-6,9,14,17,21H,7-8,10-12H2;1-3H,(H,6,7)/t14-,17-;/m1./s1. The largest absolute Gasteiger partial charge is 0.493 e.